The molecule has 0 aliphatic rings. The average Bonchev–Trinajstić information content (AvgIpc) is 2.37. The Balaban J connectivity index is 2.97. The number of rotatable bonds is 5. The molecule has 1 aromatic carbocycles. The second-order valence-electron chi connectivity index (χ2n) is 4.74. The molecule has 20 heavy (non-hydrogen) atoms. The Kier molecular flexibility index (Phi) is 4.54. The van der Waals surface area contributed by atoms with Crippen LogP contribution in [0.4, 0.5) is 0 Å². The van der Waals surface area contributed by atoms with E-state index >= 15 is 0 Å². The van der Waals surface area contributed by atoms with E-state index < -0.39 is 27.3 Å². The first-order chi connectivity index (χ1) is 9.10. The monoisotopic (exact) mass is 299 g/mol. The highest BCUT2D eigenvalue weighted by Crippen LogP contribution is 2.13. The minimum Gasteiger partial charge on any atom is -0.480 e. The van der Waals surface area contributed by atoms with Gasteiger partial charge in [-0.05, 0) is 37.6 Å². The molecule has 6 nitrogen and oxygen atoms in total. The molecule has 1 rings (SSSR count). The van der Waals surface area contributed by atoms with Crippen LogP contribution in [0.25, 0.3) is 0 Å². The van der Waals surface area contributed by atoms with Crippen LogP contribution in [0.3, 0.4) is 0 Å². The lowest BCUT2D eigenvalue weighted by molar-refractivity contribution is -0.143. The Morgan fingerprint density at radius 2 is 1.75 bits per heavy atom. The van der Waals surface area contributed by atoms with Crippen molar-refractivity contribution in [1.82, 2.24) is 5.32 Å². The summed E-state index contributed by atoms with van der Waals surface area (Å²) in [5.41, 5.74) is -1.15. The van der Waals surface area contributed by atoms with Gasteiger partial charge < -0.3 is 10.4 Å². The normalized spacial score (nSPS) is 14.3. The van der Waals surface area contributed by atoms with Crippen molar-refractivity contribution >= 4 is 21.7 Å². The molecule has 1 aromatic rings. The SMILES string of the molecule is CCC(C)(NC(=O)c1ccc(S(C)(=O)=O)cc1)C(=O)O. The molecule has 0 aliphatic heterocycles. The third kappa shape index (κ3) is 3.57. The fourth-order valence-electron chi connectivity index (χ4n) is 1.47. The first-order valence-corrected chi connectivity index (χ1v) is 7.85. The van der Waals surface area contributed by atoms with Gasteiger partial charge in [-0.3, -0.25) is 4.79 Å². The van der Waals surface area contributed by atoms with Crippen LogP contribution in [-0.2, 0) is 14.6 Å². The van der Waals surface area contributed by atoms with Gasteiger partial charge in [0.25, 0.3) is 5.91 Å². The molecule has 1 unspecified atom stereocenters. The summed E-state index contributed by atoms with van der Waals surface area (Å²) in [5, 5.41) is 11.5. The molecule has 0 heterocycles. The Labute approximate surface area is 117 Å². The van der Waals surface area contributed by atoms with E-state index in [4.69, 9.17) is 5.11 Å². The second-order valence-corrected chi connectivity index (χ2v) is 6.76. The van der Waals surface area contributed by atoms with Gasteiger partial charge >= 0.3 is 5.97 Å². The standard InChI is InChI=1S/C13H17NO5S/c1-4-13(2,12(16)17)14-11(15)9-5-7-10(8-6-9)20(3,18)19/h5-8H,4H2,1-3H3,(H,14,15)(H,16,17). The summed E-state index contributed by atoms with van der Waals surface area (Å²) in [5.74, 6) is -1.68. The van der Waals surface area contributed by atoms with E-state index in [9.17, 15) is 18.0 Å². The lowest BCUT2D eigenvalue weighted by Crippen LogP contribution is -2.51. The van der Waals surface area contributed by atoms with Gasteiger partial charge in [0.1, 0.15) is 5.54 Å². The molecule has 2 N–H and O–H groups in total. The van der Waals surface area contributed by atoms with Crippen molar-refractivity contribution in [3.8, 4) is 0 Å². The van der Waals surface area contributed by atoms with Gasteiger partial charge in [-0.2, -0.15) is 0 Å². The maximum absolute atomic E-state index is 12.0. The number of carbonyl (C=O) groups is 2. The summed E-state index contributed by atoms with van der Waals surface area (Å²) in [7, 11) is -3.32. The molecule has 0 spiro atoms. The van der Waals surface area contributed by atoms with Crippen molar-refractivity contribution < 1.29 is 23.1 Å². The molecule has 1 atom stereocenters. The molecule has 0 saturated carbocycles. The average molecular weight is 299 g/mol. The summed E-state index contributed by atoms with van der Waals surface area (Å²) in [6, 6.07) is 5.33. The van der Waals surface area contributed by atoms with Crippen LogP contribution >= 0.6 is 0 Å². The zero-order valence-corrected chi connectivity index (χ0v) is 12.3. The van der Waals surface area contributed by atoms with E-state index in [0.717, 1.165) is 6.26 Å². The number of hydrogen-bond donors (Lipinski definition) is 2. The lowest BCUT2D eigenvalue weighted by atomic mass is 9.98. The first-order valence-electron chi connectivity index (χ1n) is 5.96. The summed E-state index contributed by atoms with van der Waals surface area (Å²) < 4.78 is 22.6. The quantitative estimate of drug-likeness (QED) is 0.847. The van der Waals surface area contributed by atoms with Crippen molar-refractivity contribution in [3.05, 3.63) is 29.8 Å². The highest BCUT2D eigenvalue weighted by atomic mass is 32.2. The topological polar surface area (TPSA) is 101 Å². The molecule has 7 heteroatoms. The molecule has 0 aromatic heterocycles. The van der Waals surface area contributed by atoms with Crippen LogP contribution in [0, 0.1) is 0 Å². The van der Waals surface area contributed by atoms with E-state index in [1.165, 1.54) is 31.2 Å². The molecule has 0 aliphatic carbocycles. The van der Waals surface area contributed by atoms with Gasteiger partial charge in [-0.15, -0.1) is 0 Å². The van der Waals surface area contributed by atoms with Crippen LogP contribution in [0.2, 0.25) is 0 Å². The van der Waals surface area contributed by atoms with E-state index in [1.54, 1.807) is 6.92 Å². The smallest absolute Gasteiger partial charge is 0.329 e. The van der Waals surface area contributed by atoms with E-state index in [2.05, 4.69) is 5.32 Å². The minimum absolute atomic E-state index is 0.102. The number of amides is 1. The van der Waals surface area contributed by atoms with Crippen LogP contribution in [0.5, 0.6) is 0 Å². The zero-order valence-electron chi connectivity index (χ0n) is 11.5. The van der Waals surface area contributed by atoms with Gasteiger partial charge in [0.15, 0.2) is 9.84 Å². The Hall–Kier alpha value is -1.89. The van der Waals surface area contributed by atoms with Gasteiger partial charge in [0.2, 0.25) is 0 Å². The third-order valence-corrected chi connectivity index (χ3v) is 4.24. The number of nitrogens with one attached hydrogen (secondary N) is 1. The summed E-state index contributed by atoms with van der Waals surface area (Å²) >= 11 is 0. The number of aliphatic carboxylic acids is 1. The van der Waals surface area contributed by atoms with Crippen molar-refractivity contribution in [2.75, 3.05) is 6.26 Å². The van der Waals surface area contributed by atoms with Gasteiger partial charge in [-0.1, -0.05) is 6.92 Å². The highest BCUT2D eigenvalue weighted by Gasteiger charge is 2.33. The first kappa shape index (κ1) is 16.2. The number of sulfone groups is 1. The number of carbonyl (C=O) groups excluding carboxylic acids is 1. The lowest BCUT2D eigenvalue weighted by Gasteiger charge is -2.24. The third-order valence-electron chi connectivity index (χ3n) is 3.11. The number of benzene rings is 1. The van der Waals surface area contributed by atoms with Crippen molar-refractivity contribution in [2.24, 2.45) is 0 Å². The Morgan fingerprint density at radius 3 is 2.10 bits per heavy atom. The predicted octanol–water partition coefficient (Wildman–Crippen LogP) is 1.07. The molecule has 0 fully saturated rings. The molecule has 0 bridgehead atoms. The number of carboxylic acids is 1. The number of hydrogen-bond acceptors (Lipinski definition) is 4. The largest absolute Gasteiger partial charge is 0.480 e. The molecule has 0 saturated heterocycles. The zero-order chi connectivity index (χ0) is 15.6. The number of carboxylic acid groups (broad SMARTS) is 1. The van der Waals surface area contributed by atoms with Gasteiger partial charge in [0.05, 0.1) is 4.90 Å². The molecular weight excluding hydrogens is 282 g/mol. The summed E-state index contributed by atoms with van der Waals surface area (Å²) in [6.45, 7) is 3.07. The van der Waals surface area contributed by atoms with Crippen LogP contribution in [-0.4, -0.2) is 37.2 Å². The molecular formula is C13H17NO5S. The summed E-state index contributed by atoms with van der Waals surface area (Å²) in [6.07, 6.45) is 1.30. The Bertz CT molecular complexity index is 621. The van der Waals surface area contributed by atoms with E-state index in [0.29, 0.717) is 0 Å². The van der Waals surface area contributed by atoms with E-state index in [1.807, 2.05) is 0 Å². The molecule has 1 amide bonds. The molecule has 0 radical (unpaired) electrons. The maximum Gasteiger partial charge on any atom is 0.329 e. The predicted molar refractivity (Wildman–Crippen MR) is 73.3 cm³/mol. The van der Waals surface area contributed by atoms with Crippen LogP contribution in [0.1, 0.15) is 30.6 Å². The van der Waals surface area contributed by atoms with E-state index in [-0.39, 0.29) is 16.9 Å². The minimum atomic E-state index is -3.32. The van der Waals surface area contributed by atoms with Crippen LogP contribution in [0.15, 0.2) is 29.2 Å². The summed E-state index contributed by atoms with van der Waals surface area (Å²) in [4.78, 5) is 23.2. The molecule has 110 valence electrons. The van der Waals surface area contributed by atoms with Crippen molar-refractivity contribution in [1.29, 1.82) is 0 Å². The van der Waals surface area contributed by atoms with Crippen molar-refractivity contribution in [3.63, 3.8) is 0 Å². The van der Waals surface area contributed by atoms with Crippen molar-refractivity contribution in [2.45, 2.75) is 30.7 Å². The van der Waals surface area contributed by atoms with Gasteiger partial charge in [-0.25, -0.2) is 13.2 Å². The van der Waals surface area contributed by atoms with Gasteiger partial charge in [0, 0.05) is 11.8 Å². The fourth-order valence-corrected chi connectivity index (χ4v) is 2.10. The maximum atomic E-state index is 12.0. The van der Waals surface area contributed by atoms with Crippen LogP contribution < -0.4 is 5.32 Å². The highest BCUT2D eigenvalue weighted by molar-refractivity contribution is 7.90. The Morgan fingerprint density at radius 1 is 1.25 bits per heavy atom. The second kappa shape index (κ2) is 5.62. The fraction of sp³-hybridized carbons (Fsp3) is 0.385.